The van der Waals surface area contributed by atoms with Gasteiger partial charge in [0.1, 0.15) is 0 Å². The molecule has 2 nitrogen and oxygen atoms in total. The maximum Gasteiger partial charge on any atom is 0.0217 e. The van der Waals surface area contributed by atoms with Crippen LogP contribution in [-0.4, -0.2) is 48.6 Å². The summed E-state index contributed by atoms with van der Waals surface area (Å²) in [5, 5.41) is 0. The molecule has 1 aliphatic rings. The largest absolute Gasteiger partial charge is 0.305 e. The van der Waals surface area contributed by atoms with Crippen LogP contribution >= 0.6 is 0 Å². The first kappa shape index (κ1) is 12.0. The van der Waals surface area contributed by atoms with Gasteiger partial charge in [-0.25, -0.2) is 0 Å². The van der Waals surface area contributed by atoms with Crippen LogP contribution in [0.25, 0.3) is 0 Å². The van der Waals surface area contributed by atoms with Gasteiger partial charge in [-0.1, -0.05) is 6.42 Å². The van der Waals surface area contributed by atoms with Crippen molar-refractivity contribution in [3.63, 3.8) is 0 Å². The molecule has 1 atom stereocenters. The third-order valence-electron chi connectivity index (χ3n) is 3.33. The van der Waals surface area contributed by atoms with Crippen molar-refractivity contribution in [3.8, 4) is 0 Å². The minimum absolute atomic E-state index is 0.332. The second-order valence-electron chi connectivity index (χ2n) is 5.73. The van der Waals surface area contributed by atoms with E-state index in [0.29, 0.717) is 5.54 Å². The highest BCUT2D eigenvalue weighted by Crippen LogP contribution is 2.21. The molecule has 1 unspecified atom stereocenters. The fraction of sp³-hybridized carbons (Fsp3) is 1.00. The van der Waals surface area contributed by atoms with Crippen LogP contribution in [0.15, 0.2) is 0 Å². The first-order valence-electron chi connectivity index (χ1n) is 5.83. The molecular weight excluding hydrogens is 172 g/mol. The highest BCUT2D eigenvalue weighted by Gasteiger charge is 2.26. The Morgan fingerprint density at radius 3 is 2.29 bits per heavy atom. The third-order valence-corrected chi connectivity index (χ3v) is 3.33. The summed E-state index contributed by atoms with van der Waals surface area (Å²) in [6.07, 6.45) is 4.11. The molecule has 84 valence electrons. The van der Waals surface area contributed by atoms with Gasteiger partial charge in [-0.15, -0.1) is 0 Å². The molecule has 0 bridgehead atoms. The second kappa shape index (κ2) is 4.63. The van der Waals surface area contributed by atoms with E-state index in [-0.39, 0.29) is 0 Å². The molecular formula is C12H26N2. The van der Waals surface area contributed by atoms with Gasteiger partial charge in [-0.05, 0) is 54.3 Å². The third kappa shape index (κ3) is 3.25. The van der Waals surface area contributed by atoms with E-state index in [1.165, 1.54) is 32.4 Å². The molecule has 1 rings (SSSR count). The van der Waals surface area contributed by atoms with Crippen LogP contribution in [0, 0.1) is 0 Å². The first-order chi connectivity index (χ1) is 6.41. The molecule has 0 aromatic rings. The molecule has 0 radical (unpaired) electrons. The summed E-state index contributed by atoms with van der Waals surface area (Å²) in [4.78, 5) is 5.01. The van der Waals surface area contributed by atoms with E-state index in [4.69, 9.17) is 0 Å². The molecule has 0 saturated carbocycles. The Morgan fingerprint density at radius 2 is 1.79 bits per heavy atom. The standard InChI is InChI=1S/C12H26N2/c1-12(2,3)14-9-7-6-8-11(10-14)13(4)5/h11H,6-10H2,1-5H3. The van der Waals surface area contributed by atoms with Crippen molar-refractivity contribution < 1.29 is 0 Å². The Morgan fingerprint density at radius 1 is 1.14 bits per heavy atom. The summed E-state index contributed by atoms with van der Waals surface area (Å²) >= 11 is 0. The van der Waals surface area contributed by atoms with E-state index in [2.05, 4.69) is 44.7 Å². The Hall–Kier alpha value is -0.0800. The van der Waals surface area contributed by atoms with E-state index in [1.807, 2.05) is 0 Å². The van der Waals surface area contributed by atoms with E-state index in [0.717, 1.165) is 6.04 Å². The summed E-state index contributed by atoms with van der Waals surface area (Å²) in [6.45, 7) is 9.48. The minimum Gasteiger partial charge on any atom is -0.305 e. The van der Waals surface area contributed by atoms with Crippen LogP contribution in [0.1, 0.15) is 40.0 Å². The van der Waals surface area contributed by atoms with Crippen LogP contribution in [-0.2, 0) is 0 Å². The summed E-state index contributed by atoms with van der Waals surface area (Å²) in [5.74, 6) is 0. The monoisotopic (exact) mass is 198 g/mol. The van der Waals surface area contributed by atoms with E-state index in [1.54, 1.807) is 0 Å². The Bertz CT molecular complexity index is 170. The highest BCUT2D eigenvalue weighted by molar-refractivity contribution is 4.83. The van der Waals surface area contributed by atoms with Crippen LogP contribution in [0.4, 0.5) is 0 Å². The lowest BCUT2D eigenvalue weighted by Gasteiger charge is -2.37. The number of hydrogen-bond donors (Lipinski definition) is 0. The molecule has 0 aliphatic carbocycles. The number of rotatable bonds is 1. The van der Waals surface area contributed by atoms with Crippen molar-refractivity contribution in [1.82, 2.24) is 9.80 Å². The zero-order valence-electron chi connectivity index (χ0n) is 10.5. The van der Waals surface area contributed by atoms with Gasteiger partial charge in [0.15, 0.2) is 0 Å². The van der Waals surface area contributed by atoms with E-state index < -0.39 is 0 Å². The maximum atomic E-state index is 2.63. The molecule has 1 aliphatic heterocycles. The van der Waals surface area contributed by atoms with E-state index in [9.17, 15) is 0 Å². The lowest BCUT2D eigenvalue weighted by molar-refractivity contribution is 0.108. The van der Waals surface area contributed by atoms with Gasteiger partial charge >= 0.3 is 0 Å². The van der Waals surface area contributed by atoms with Gasteiger partial charge in [-0.3, -0.25) is 4.90 Å². The zero-order valence-corrected chi connectivity index (χ0v) is 10.5. The van der Waals surface area contributed by atoms with Crippen molar-refractivity contribution in [1.29, 1.82) is 0 Å². The molecule has 1 saturated heterocycles. The maximum absolute atomic E-state index is 2.63. The molecule has 1 heterocycles. The van der Waals surface area contributed by atoms with E-state index >= 15 is 0 Å². The summed E-state index contributed by atoms with van der Waals surface area (Å²) < 4.78 is 0. The Balaban J connectivity index is 2.60. The van der Waals surface area contributed by atoms with Gasteiger partial charge in [-0.2, -0.15) is 0 Å². The fourth-order valence-corrected chi connectivity index (χ4v) is 2.15. The van der Waals surface area contributed by atoms with Crippen molar-refractivity contribution in [2.45, 2.75) is 51.6 Å². The predicted octanol–water partition coefficient (Wildman–Crippen LogP) is 2.20. The molecule has 0 aromatic carbocycles. The fourth-order valence-electron chi connectivity index (χ4n) is 2.15. The number of hydrogen-bond acceptors (Lipinski definition) is 2. The topological polar surface area (TPSA) is 6.48 Å². The van der Waals surface area contributed by atoms with Crippen LogP contribution in [0.3, 0.4) is 0 Å². The Kier molecular flexibility index (Phi) is 3.96. The molecule has 0 N–H and O–H groups in total. The van der Waals surface area contributed by atoms with Gasteiger partial charge < -0.3 is 4.90 Å². The average Bonchev–Trinajstić information content (AvgIpc) is 2.26. The number of nitrogens with zero attached hydrogens (tertiary/aromatic N) is 2. The molecule has 2 heteroatoms. The SMILES string of the molecule is CN(C)C1CCCCN(C(C)(C)C)C1. The first-order valence-corrected chi connectivity index (χ1v) is 5.83. The number of likely N-dealkylation sites (tertiary alicyclic amines) is 1. The van der Waals surface area contributed by atoms with Gasteiger partial charge in [0.25, 0.3) is 0 Å². The van der Waals surface area contributed by atoms with Crippen LogP contribution in [0.5, 0.6) is 0 Å². The van der Waals surface area contributed by atoms with Crippen molar-refractivity contribution in [2.24, 2.45) is 0 Å². The Labute approximate surface area is 89.3 Å². The van der Waals surface area contributed by atoms with Crippen molar-refractivity contribution >= 4 is 0 Å². The van der Waals surface area contributed by atoms with Gasteiger partial charge in [0.05, 0.1) is 0 Å². The lowest BCUT2D eigenvalue weighted by atomic mass is 10.1. The van der Waals surface area contributed by atoms with Crippen molar-refractivity contribution in [3.05, 3.63) is 0 Å². The average molecular weight is 198 g/mol. The predicted molar refractivity (Wildman–Crippen MR) is 62.7 cm³/mol. The molecule has 14 heavy (non-hydrogen) atoms. The summed E-state index contributed by atoms with van der Waals surface area (Å²) in [6, 6.07) is 0.747. The molecule has 0 spiro atoms. The number of likely N-dealkylation sites (N-methyl/N-ethyl adjacent to an activating group) is 1. The minimum atomic E-state index is 0.332. The van der Waals surface area contributed by atoms with Gasteiger partial charge in [0.2, 0.25) is 0 Å². The van der Waals surface area contributed by atoms with Crippen molar-refractivity contribution in [2.75, 3.05) is 27.2 Å². The lowest BCUT2D eigenvalue weighted by Crippen LogP contribution is -2.47. The molecule has 0 aromatic heterocycles. The zero-order chi connectivity index (χ0) is 10.8. The van der Waals surface area contributed by atoms with Crippen LogP contribution < -0.4 is 0 Å². The molecule has 1 fully saturated rings. The second-order valence-corrected chi connectivity index (χ2v) is 5.73. The van der Waals surface area contributed by atoms with Gasteiger partial charge in [0, 0.05) is 18.1 Å². The summed E-state index contributed by atoms with van der Waals surface area (Å²) in [5.41, 5.74) is 0.332. The summed E-state index contributed by atoms with van der Waals surface area (Å²) in [7, 11) is 4.41. The van der Waals surface area contributed by atoms with Crippen LogP contribution in [0.2, 0.25) is 0 Å². The molecule has 0 amide bonds. The normalized spacial score (nSPS) is 26.6. The quantitative estimate of drug-likeness (QED) is 0.637. The highest BCUT2D eigenvalue weighted by atomic mass is 15.2. The smallest absolute Gasteiger partial charge is 0.0217 e.